The molecule has 2 amide bonds. The number of aliphatic carboxylic acids is 1. The zero-order valence-corrected chi connectivity index (χ0v) is 19.6. The molecule has 3 aromatic carbocycles. The van der Waals surface area contributed by atoms with Crippen molar-refractivity contribution in [1.82, 2.24) is 5.32 Å². The predicted molar refractivity (Wildman–Crippen MR) is 130 cm³/mol. The Hall–Kier alpha value is -3.68. The highest BCUT2D eigenvalue weighted by Gasteiger charge is 2.68. The number of nitrogens with zero attached hydrogens (tertiary/aromatic N) is 1. The van der Waals surface area contributed by atoms with Crippen molar-refractivity contribution in [3.05, 3.63) is 95.0 Å². The van der Waals surface area contributed by atoms with Gasteiger partial charge in [-0.15, -0.1) is 0 Å². The number of imide groups is 1. The Bertz CT molecular complexity index is 1280. The second-order valence-corrected chi connectivity index (χ2v) is 9.26. The number of rotatable bonds is 6. The number of benzene rings is 3. The third kappa shape index (κ3) is 3.77. The van der Waals surface area contributed by atoms with Crippen LogP contribution in [0, 0.1) is 11.8 Å². The summed E-state index contributed by atoms with van der Waals surface area (Å²) in [6, 6.07) is 21.9. The molecule has 0 saturated carbocycles. The predicted octanol–water partition coefficient (Wildman–Crippen LogP) is 3.86. The van der Waals surface area contributed by atoms with Crippen LogP contribution in [-0.4, -0.2) is 35.5 Å². The van der Waals surface area contributed by atoms with Crippen molar-refractivity contribution in [3.8, 4) is 5.75 Å². The number of carbonyl (C=O) groups excluding carboxylic acids is 2. The fourth-order valence-corrected chi connectivity index (χ4v) is 5.42. The van der Waals surface area contributed by atoms with Crippen LogP contribution in [0.15, 0.2) is 78.9 Å². The fourth-order valence-electron chi connectivity index (χ4n) is 5.30. The van der Waals surface area contributed by atoms with Gasteiger partial charge in [-0.25, -0.2) is 4.90 Å². The molecule has 2 heterocycles. The first-order valence-corrected chi connectivity index (χ1v) is 11.6. The molecule has 0 radical (unpaired) electrons. The van der Waals surface area contributed by atoms with Gasteiger partial charge in [0.1, 0.15) is 11.3 Å². The molecule has 3 aromatic rings. The number of anilines is 1. The van der Waals surface area contributed by atoms with Crippen LogP contribution in [0.2, 0.25) is 5.02 Å². The van der Waals surface area contributed by atoms with E-state index in [0.717, 1.165) is 10.5 Å². The Labute approximate surface area is 207 Å². The van der Waals surface area contributed by atoms with Gasteiger partial charge in [-0.05, 0) is 47.5 Å². The van der Waals surface area contributed by atoms with Gasteiger partial charge in [0.25, 0.3) is 0 Å². The lowest BCUT2D eigenvalue weighted by atomic mass is 9.76. The summed E-state index contributed by atoms with van der Waals surface area (Å²) < 4.78 is 5.24. The summed E-state index contributed by atoms with van der Waals surface area (Å²) in [4.78, 5) is 41.6. The van der Waals surface area contributed by atoms with Gasteiger partial charge in [-0.2, -0.15) is 0 Å². The number of amides is 2. The van der Waals surface area contributed by atoms with Crippen LogP contribution in [0.25, 0.3) is 0 Å². The monoisotopic (exact) mass is 490 g/mol. The maximum Gasteiger partial charge on any atom is 0.325 e. The largest absolute Gasteiger partial charge is 0.497 e. The van der Waals surface area contributed by atoms with Gasteiger partial charge >= 0.3 is 5.97 Å². The van der Waals surface area contributed by atoms with E-state index in [1.807, 2.05) is 30.3 Å². The average Bonchev–Trinajstić information content (AvgIpc) is 3.34. The number of carboxylic acid groups (broad SMARTS) is 1. The summed E-state index contributed by atoms with van der Waals surface area (Å²) in [5, 5.41) is 14.2. The molecule has 2 aliphatic heterocycles. The third-order valence-corrected chi connectivity index (χ3v) is 7.17. The second kappa shape index (κ2) is 8.83. The van der Waals surface area contributed by atoms with E-state index in [1.165, 1.54) is 0 Å². The van der Waals surface area contributed by atoms with Crippen LogP contribution in [0.4, 0.5) is 5.69 Å². The number of methoxy groups -OCH3 is 1. The standard InChI is InChI=1S/C27H23ClN2O5/c1-35-20-13-7-17(8-14-20)23-21-22(25(32)30(24(21)31)19-11-9-18(28)10-12-19)27(29-23,26(33)34)15-16-5-3-2-4-6-16/h2-14,21-23,29H,15H2,1H3,(H,33,34)/t21?,22?,23-,27-/m1/s1. The summed E-state index contributed by atoms with van der Waals surface area (Å²) in [6.07, 6.45) is 0.0461. The van der Waals surface area contributed by atoms with Gasteiger partial charge in [0.2, 0.25) is 11.8 Å². The topological polar surface area (TPSA) is 95.9 Å². The molecule has 2 fully saturated rings. The molecule has 0 aliphatic carbocycles. The highest BCUT2D eigenvalue weighted by atomic mass is 35.5. The summed E-state index contributed by atoms with van der Waals surface area (Å²) in [5.41, 5.74) is 0.147. The molecule has 0 bridgehead atoms. The molecular formula is C27H23ClN2O5. The van der Waals surface area contributed by atoms with Gasteiger partial charge in [-0.3, -0.25) is 19.7 Å². The summed E-state index contributed by atoms with van der Waals surface area (Å²) in [7, 11) is 1.55. The van der Waals surface area contributed by atoms with Crippen LogP contribution in [0.3, 0.4) is 0 Å². The molecular weight excluding hydrogens is 468 g/mol. The molecule has 5 rings (SSSR count). The zero-order valence-electron chi connectivity index (χ0n) is 18.9. The quantitative estimate of drug-likeness (QED) is 0.509. The minimum Gasteiger partial charge on any atom is -0.497 e. The highest BCUT2D eigenvalue weighted by Crippen LogP contribution is 2.51. The van der Waals surface area contributed by atoms with Crippen LogP contribution < -0.4 is 15.0 Å². The highest BCUT2D eigenvalue weighted by molar-refractivity contribution is 6.31. The van der Waals surface area contributed by atoms with Crippen molar-refractivity contribution in [2.75, 3.05) is 12.0 Å². The van der Waals surface area contributed by atoms with E-state index in [9.17, 15) is 19.5 Å². The van der Waals surface area contributed by atoms with Crippen molar-refractivity contribution >= 4 is 35.1 Å². The third-order valence-electron chi connectivity index (χ3n) is 6.92. The molecule has 2 unspecified atom stereocenters. The van der Waals surface area contributed by atoms with Crippen molar-refractivity contribution in [2.24, 2.45) is 11.8 Å². The molecule has 4 atom stereocenters. The number of halogens is 1. The fraction of sp³-hybridized carbons (Fsp3) is 0.222. The van der Waals surface area contributed by atoms with Crippen molar-refractivity contribution in [1.29, 1.82) is 0 Å². The Morgan fingerprint density at radius 1 is 1.00 bits per heavy atom. The molecule has 0 spiro atoms. The number of carbonyl (C=O) groups is 3. The Kier molecular flexibility index (Phi) is 5.83. The zero-order chi connectivity index (χ0) is 24.7. The van der Waals surface area contributed by atoms with E-state index in [0.29, 0.717) is 22.0 Å². The van der Waals surface area contributed by atoms with E-state index in [4.69, 9.17) is 16.3 Å². The summed E-state index contributed by atoms with van der Waals surface area (Å²) in [6.45, 7) is 0. The molecule has 2 N–H and O–H groups in total. The molecule has 2 aliphatic rings. The number of fused-ring (bicyclic) bond motifs is 1. The van der Waals surface area contributed by atoms with E-state index < -0.39 is 41.2 Å². The molecule has 0 aromatic heterocycles. The van der Waals surface area contributed by atoms with Crippen molar-refractivity contribution in [3.63, 3.8) is 0 Å². The van der Waals surface area contributed by atoms with Crippen LogP contribution in [0.5, 0.6) is 5.75 Å². The van der Waals surface area contributed by atoms with Crippen LogP contribution in [-0.2, 0) is 20.8 Å². The SMILES string of the molecule is COc1ccc([C@H]2N[C@@](Cc3ccccc3)(C(=O)O)C3C(=O)N(c4ccc(Cl)cc4)C(=O)C32)cc1. The van der Waals surface area contributed by atoms with Crippen LogP contribution in [0.1, 0.15) is 17.2 Å². The number of ether oxygens (including phenoxy) is 1. The molecule has 178 valence electrons. The Balaban J connectivity index is 1.64. The molecule has 2 saturated heterocycles. The summed E-state index contributed by atoms with van der Waals surface area (Å²) >= 11 is 6.01. The normalized spacial score (nSPS) is 25.5. The van der Waals surface area contributed by atoms with E-state index in [2.05, 4.69) is 5.32 Å². The van der Waals surface area contributed by atoms with E-state index in [1.54, 1.807) is 55.6 Å². The number of carboxylic acids is 1. The minimum absolute atomic E-state index is 0.0461. The van der Waals surface area contributed by atoms with Gasteiger partial charge < -0.3 is 9.84 Å². The summed E-state index contributed by atoms with van der Waals surface area (Å²) in [5.74, 6) is -3.52. The number of hydrogen-bond donors (Lipinski definition) is 2. The van der Waals surface area contributed by atoms with Gasteiger partial charge in [0.05, 0.1) is 24.6 Å². The number of nitrogens with one attached hydrogen (secondary N) is 1. The number of hydrogen-bond acceptors (Lipinski definition) is 5. The lowest BCUT2D eigenvalue weighted by Gasteiger charge is -2.31. The second-order valence-electron chi connectivity index (χ2n) is 8.83. The molecule has 7 nitrogen and oxygen atoms in total. The maximum absolute atomic E-state index is 13.8. The minimum atomic E-state index is -1.68. The van der Waals surface area contributed by atoms with Crippen LogP contribution >= 0.6 is 11.6 Å². The van der Waals surface area contributed by atoms with Gasteiger partial charge in [0.15, 0.2) is 0 Å². The molecule has 8 heteroatoms. The van der Waals surface area contributed by atoms with Crippen molar-refractivity contribution < 1.29 is 24.2 Å². The lowest BCUT2D eigenvalue weighted by molar-refractivity contribution is -0.148. The van der Waals surface area contributed by atoms with Gasteiger partial charge in [-0.1, -0.05) is 54.1 Å². The van der Waals surface area contributed by atoms with Crippen molar-refractivity contribution in [2.45, 2.75) is 18.0 Å². The first-order valence-electron chi connectivity index (χ1n) is 11.2. The molecule has 35 heavy (non-hydrogen) atoms. The Morgan fingerprint density at radius 2 is 1.66 bits per heavy atom. The maximum atomic E-state index is 13.8. The first kappa shape index (κ1) is 23.1. The van der Waals surface area contributed by atoms with Gasteiger partial charge in [0, 0.05) is 17.5 Å². The average molecular weight is 491 g/mol. The van der Waals surface area contributed by atoms with E-state index in [-0.39, 0.29) is 6.42 Å². The first-order chi connectivity index (χ1) is 16.9. The van der Waals surface area contributed by atoms with E-state index >= 15 is 0 Å². The Morgan fingerprint density at radius 3 is 2.26 bits per heavy atom. The smallest absolute Gasteiger partial charge is 0.325 e. The lowest BCUT2D eigenvalue weighted by Crippen LogP contribution is -2.57.